The van der Waals surface area contributed by atoms with Gasteiger partial charge in [-0.1, -0.05) is 43.2 Å². The molecule has 1 aromatic rings. The summed E-state index contributed by atoms with van der Waals surface area (Å²) in [5.41, 5.74) is -2.23. The van der Waals surface area contributed by atoms with Crippen molar-refractivity contribution in [2.75, 3.05) is 7.11 Å². The fraction of sp³-hybridized carbons (Fsp3) is 0.558. The van der Waals surface area contributed by atoms with Crippen LogP contribution in [0.5, 0.6) is 17.2 Å². The van der Waals surface area contributed by atoms with E-state index in [1.807, 2.05) is 79.7 Å². The van der Waals surface area contributed by atoms with Gasteiger partial charge in [-0.05, 0) is 86.8 Å². The molecule has 282 valence electrons. The van der Waals surface area contributed by atoms with Crippen molar-refractivity contribution in [3.63, 3.8) is 0 Å². The summed E-state index contributed by atoms with van der Waals surface area (Å²) in [4.78, 5) is 43.2. The summed E-state index contributed by atoms with van der Waals surface area (Å²) in [6.45, 7) is 18.6. The lowest BCUT2D eigenvalue weighted by Gasteiger charge is -2.58. The summed E-state index contributed by atoms with van der Waals surface area (Å²) >= 11 is 0. The Morgan fingerprint density at radius 2 is 1.64 bits per heavy atom. The monoisotopic (exact) mass is 724 g/mol. The topological polar surface area (TPSA) is 156 Å². The minimum Gasteiger partial charge on any atom is -0.506 e. The number of phenolic OH excluding ortho intramolecular Hbond substituents is 1. The molecule has 1 saturated carbocycles. The number of aromatic hydroxyl groups is 1. The first-order valence-corrected chi connectivity index (χ1v) is 18.4. The van der Waals surface area contributed by atoms with E-state index in [1.54, 1.807) is 26.0 Å². The van der Waals surface area contributed by atoms with Gasteiger partial charge < -0.3 is 24.1 Å². The number of nitrogens with zero attached hydrogens (tertiary/aromatic N) is 2. The molecule has 0 aromatic heterocycles. The third kappa shape index (κ3) is 6.09. The molecule has 5 rings (SSSR count). The standard InChI is InChI=1S/C43H52N2O8/c1-23(2)13-12-18-41(10)19-17-29-34(46)32-35(47)33-31(28(21-44)22-45)26(6)38(48)42(20-16-25(5)39(49)50-11)43(33,27(7)40(8,9)53-42)52-37(32)30(36(29)51-41)15-14-24(3)4/h13-14,16-17,19,26-28,31,33,46H,12,15,18,20H2,1-11H3/b25-16-. The molecule has 3 heterocycles. The number of esters is 1. The van der Waals surface area contributed by atoms with Crippen molar-refractivity contribution in [1.29, 1.82) is 10.5 Å². The molecule has 0 radical (unpaired) electrons. The number of benzene rings is 1. The van der Waals surface area contributed by atoms with Gasteiger partial charge in [0.25, 0.3) is 0 Å². The molecule has 53 heavy (non-hydrogen) atoms. The van der Waals surface area contributed by atoms with E-state index in [0.717, 1.165) is 12.0 Å². The molecule has 2 fully saturated rings. The first-order chi connectivity index (χ1) is 24.8. The molecule has 0 bridgehead atoms. The number of allylic oxidation sites excluding steroid dienone is 4. The number of ketones is 2. The molecule has 7 atom stereocenters. The number of fused-ring (bicyclic) bond motifs is 2. The molecule has 0 amide bonds. The molecule has 4 aliphatic rings. The highest BCUT2D eigenvalue weighted by molar-refractivity contribution is 6.09. The largest absolute Gasteiger partial charge is 0.506 e. The van der Waals surface area contributed by atoms with Crippen molar-refractivity contribution in [2.24, 2.45) is 29.6 Å². The van der Waals surface area contributed by atoms with Gasteiger partial charge in [0.05, 0.1) is 36.3 Å². The van der Waals surface area contributed by atoms with Crippen LogP contribution in [0.25, 0.3) is 6.08 Å². The molecule has 10 heteroatoms. The van der Waals surface area contributed by atoms with Crippen LogP contribution < -0.4 is 9.47 Å². The molecule has 1 aliphatic carbocycles. The first-order valence-electron chi connectivity index (χ1n) is 18.4. The van der Waals surface area contributed by atoms with Gasteiger partial charge in [-0.2, -0.15) is 10.5 Å². The first kappa shape index (κ1) is 39.5. The van der Waals surface area contributed by atoms with Crippen LogP contribution in [0.2, 0.25) is 0 Å². The average Bonchev–Trinajstić information content (AvgIpc) is 3.26. The number of rotatable bonds is 9. The average molecular weight is 725 g/mol. The molecule has 3 aliphatic heterocycles. The molecule has 1 spiro atoms. The van der Waals surface area contributed by atoms with Crippen molar-refractivity contribution in [2.45, 2.75) is 117 Å². The Balaban J connectivity index is 1.88. The Kier molecular flexibility index (Phi) is 10.4. The number of carbonyl (C=O) groups excluding carboxylic acids is 3. The Labute approximate surface area is 313 Å². The highest BCUT2D eigenvalue weighted by Gasteiger charge is 2.81. The molecule has 1 saturated heterocycles. The summed E-state index contributed by atoms with van der Waals surface area (Å²) in [7, 11) is 1.26. The zero-order valence-electron chi connectivity index (χ0n) is 32.8. The third-order valence-corrected chi connectivity index (χ3v) is 12.0. The number of carbonyl (C=O) groups is 3. The van der Waals surface area contributed by atoms with Crippen molar-refractivity contribution in [1.82, 2.24) is 0 Å². The van der Waals surface area contributed by atoms with Crippen molar-refractivity contribution >= 4 is 23.6 Å². The van der Waals surface area contributed by atoms with Gasteiger partial charge in [0.1, 0.15) is 34.3 Å². The molecule has 1 N–H and O–H groups in total. The summed E-state index contributed by atoms with van der Waals surface area (Å²) in [6.07, 6.45) is 10.9. The second kappa shape index (κ2) is 14.0. The maximum Gasteiger partial charge on any atom is 0.333 e. The maximum atomic E-state index is 15.5. The predicted molar refractivity (Wildman–Crippen MR) is 199 cm³/mol. The smallest absolute Gasteiger partial charge is 0.333 e. The van der Waals surface area contributed by atoms with Crippen molar-refractivity contribution < 1.29 is 38.4 Å². The van der Waals surface area contributed by atoms with Crippen molar-refractivity contribution in [3.8, 4) is 29.4 Å². The SMILES string of the molecule is COC(=O)/C(C)=C\CC12OC(C)(C)C(C)C13Oc1c(CC=C(C)C)c4c(c(O)c1C(=O)C3C(C(C#N)C#N)C(C)C2=O)C=CC(C)(CCC=C(C)C)O4. The number of phenols is 1. The summed E-state index contributed by atoms with van der Waals surface area (Å²) in [5.74, 6) is -6.84. The second-order valence-electron chi connectivity index (χ2n) is 16.4. The van der Waals surface area contributed by atoms with E-state index in [9.17, 15) is 20.4 Å². The van der Waals surface area contributed by atoms with Crippen LogP contribution in [0.1, 0.15) is 110 Å². The molecule has 7 unspecified atom stereocenters. The lowest BCUT2D eigenvalue weighted by molar-refractivity contribution is -0.199. The molecule has 1 aromatic carbocycles. The van der Waals surface area contributed by atoms with E-state index in [-0.39, 0.29) is 35.5 Å². The Morgan fingerprint density at radius 1 is 1.00 bits per heavy atom. The molecular formula is C43H52N2O8. The Hall–Kier alpha value is -4.67. The highest BCUT2D eigenvalue weighted by Crippen LogP contribution is 2.67. The minimum atomic E-state index is -1.84. The molecule has 10 nitrogen and oxygen atoms in total. The second-order valence-corrected chi connectivity index (χ2v) is 16.4. The lowest BCUT2D eigenvalue weighted by Crippen LogP contribution is -2.75. The predicted octanol–water partition coefficient (Wildman–Crippen LogP) is 7.93. The van der Waals surface area contributed by atoms with E-state index in [2.05, 4.69) is 6.08 Å². The van der Waals surface area contributed by atoms with Crippen LogP contribution in [0.4, 0.5) is 0 Å². The molecular weight excluding hydrogens is 672 g/mol. The number of hydrogen-bond donors (Lipinski definition) is 1. The van der Waals surface area contributed by atoms with Gasteiger partial charge in [0.15, 0.2) is 22.8 Å². The van der Waals surface area contributed by atoms with E-state index in [1.165, 1.54) is 12.7 Å². The van der Waals surface area contributed by atoms with E-state index in [0.29, 0.717) is 23.3 Å². The van der Waals surface area contributed by atoms with Gasteiger partial charge >= 0.3 is 5.97 Å². The number of hydrogen-bond acceptors (Lipinski definition) is 10. The van der Waals surface area contributed by atoms with Crippen LogP contribution in [0.3, 0.4) is 0 Å². The highest BCUT2D eigenvalue weighted by atomic mass is 16.6. The number of methoxy groups -OCH3 is 1. The Bertz CT molecular complexity index is 1930. The lowest BCUT2D eigenvalue weighted by atomic mass is 9.48. The van der Waals surface area contributed by atoms with E-state index in [4.69, 9.17) is 18.9 Å². The zero-order valence-corrected chi connectivity index (χ0v) is 32.8. The van der Waals surface area contributed by atoms with E-state index >= 15 is 9.59 Å². The zero-order chi connectivity index (χ0) is 39.4. The van der Waals surface area contributed by atoms with Crippen LogP contribution in [-0.2, 0) is 25.5 Å². The fourth-order valence-electron chi connectivity index (χ4n) is 9.00. The van der Waals surface area contributed by atoms with E-state index < -0.39 is 69.5 Å². The van der Waals surface area contributed by atoms with Gasteiger partial charge in [-0.25, -0.2) is 4.79 Å². The third-order valence-electron chi connectivity index (χ3n) is 12.0. The van der Waals surface area contributed by atoms with Crippen LogP contribution >= 0.6 is 0 Å². The van der Waals surface area contributed by atoms with Crippen molar-refractivity contribution in [3.05, 3.63) is 57.7 Å². The fourth-order valence-corrected chi connectivity index (χ4v) is 9.00. The summed E-state index contributed by atoms with van der Waals surface area (Å²) in [6, 6.07) is 4.10. The van der Waals surface area contributed by atoms with Gasteiger partial charge in [-0.15, -0.1) is 0 Å². The number of ether oxygens (including phenoxy) is 4. The van der Waals surface area contributed by atoms with Crippen LogP contribution in [0.15, 0.2) is 41.0 Å². The maximum absolute atomic E-state index is 15.5. The van der Waals surface area contributed by atoms with Crippen LogP contribution in [-0.4, -0.2) is 52.2 Å². The summed E-state index contributed by atoms with van der Waals surface area (Å²) < 4.78 is 26.0. The minimum absolute atomic E-state index is 0.0776. The number of Topliss-reactive ketones (excluding diaryl/α,β-unsaturated/α-hetero) is 2. The normalized spacial score (nSPS) is 30.7. The van der Waals surface area contributed by atoms with Crippen LogP contribution in [0, 0.1) is 52.3 Å². The van der Waals surface area contributed by atoms with Gasteiger partial charge in [0, 0.05) is 35.3 Å². The quantitative estimate of drug-likeness (QED) is 0.151. The number of nitriles is 2. The van der Waals surface area contributed by atoms with Gasteiger partial charge in [-0.3, -0.25) is 9.59 Å². The summed E-state index contributed by atoms with van der Waals surface area (Å²) in [5, 5.41) is 32.7. The van der Waals surface area contributed by atoms with Gasteiger partial charge in [0.2, 0.25) is 0 Å². The Morgan fingerprint density at radius 3 is 2.23 bits per heavy atom.